The first-order valence-electron chi connectivity index (χ1n) is 8.13. The molecule has 0 aromatic heterocycles. The minimum Gasteiger partial charge on any atom is -0.444 e. The number of hydrogen-bond acceptors (Lipinski definition) is 4. The van der Waals surface area contributed by atoms with Gasteiger partial charge in [-0.1, -0.05) is 0 Å². The maximum absolute atomic E-state index is 12.1. The van der Waals surface area contributed by atoms with Crippen LogP contribution in [0, 0.1) is 5.92 Å². The summed E-state index contributed by atoms with van der Waals surface area (Å²) < 4.78 is 5.32. The normalized spacial score (nSPS) is 16.2. The van der Waals surface area contributed by atoms with Crippen molar-refractivity contribution in [3.8, 4) is 0 Å². The molecule has 0 unspecified atom stereocenters. The van der Waals surface area contributed by atoms with Crippen LogP contribution < -0.4 is 10.6 Å². The Morgan fingerprint density at radius 3 is 2.22 bits per heavy atom. The molecule has 0 aromatic carbocycles. The summed E-state index contributed by atoms with van der Waals surface area (Å²) in [6, 6.07) is 0.0523. The van der Waals surface area contributed by atoms with Gasteiger partial charge in [0.25, 0.3) is 0 Å². The van der Waals surface area contributed by atoms with E-state index in [1.54, 1.807) is 4.90 Å². The fraction of sp³-hybridized carbons (Fsp3) is 0.812. The molecule has 1 rings (SSSR count). The number of nitrogens with one attached hydrogen (secondary N) is 2. The quantitative estimate of drug-likeness (QED) is 0.814. The van der Waals surface area contributed by atoms with E-state index >= 15 is 0 Å². The lowest BCUT2D eigenvalue weighted by atomic mass is 9.96. The monoisotopic (exact) mass is 327 g/mol. The van der Waals surface area contributed by atoms with E-state index in [9.17, 15) is 14.4 Å². The van der Waals surface area contributed by atoms with Crippen molar-refractivity contribution < 1.29 is 19.1 Å². The van der Waals surface area contributed by atoms with Crippen molar-refractivity contribution in [3.05, 3.63) is 0 Å². The molecule has 0 saturated carbocycles. The molecule has 0 spiro atoms. The molecule has 3 amide bonds. The van der Waals surface area contributed by atoms with Gasteiger partial charge in [-0.05, 0) is 47.5 Å². The van der Waals surface area contributed by atoms with E-state index in [0.29, 0.717) is 25.9 Å². The fourth-order valence-electron chi connectivity index (χ4n) is 2.34. The zero-order valence-corrected chi connectivity index (χ0v) is 14.8. The van der Waals surface area contributed by atoms with E-state index in [1.807, 2.05) is 34.6 Å². The molecule has 1 saturated heterocycles. The van der Waals surface area contributed by atoms with Gasteiger partial charge in [0.15, 0.2) is 0 Å². The van der Waals surface area contributed by atoms with E-state index in [2.05, 4.69) is 10.6 Å². The Morgan fingerprint density at radius 1 is 1.17 bits per heavy atom. The molecule has 0 radical (unpaired) electrons. The molecule has 1 heterocycles. The number of nitrogens with zero attached hydrogens (tertiary/aromatic N) is 1. The Balaban J connectivity index is 2.34. The highest BCUT2D eigenvalue weighted by Gasteiger charge is 2.29. The third-order valence-electron chi connectivity index (χ3n) is 3.39. The second-order valence-corrected chi connectivity index (χ2v) is 7.18. The minimum atomic E-state index is -0.519. The summed E-state index contributed by atoms with van der Waals surface area (Å²) in [5, 5.41) is 5.38. The van der Waals surface area contributed by atoms with Gasteiger partial charge < -0.3 is 20.3 Å². The van der Waals surface area contributed by atoms with E-state index in [4.69, 9.17) is 4.74 Å². The molecule has 23 heavy (non-hydrogen) atoms. The molecule has 7 heteroatoms. The minimum absolute atomic E-state index is 0.0106. The van der Waals surface area contributed by atoms with Crippen LogP contribution in [0.1, 0.15) is 47.5 Å². The number of ether oxygens (including phenoxy) is 1. The third-order valence-corrected chi connectivity index (χ3v) is 3.39. The van der Waals surface area contributed by atoms with Crippen LogP contribution in [-0.2, 0) is 14.3 Å². The van der Waals surface area contributed by atoms with Crippen LogP contribution in [0.2, 0.25) is 0 Å². The van der Waals surface area contributed by atoms with Crippen molar-refractivity contribution in [2.24, 2.45) is 5.92 Å². The molecule has 1 fully saturated rings. The maximum atomic E-state index is 12.1. The molecule has 0 aliphatic carbocycles. The Morgan fingerprint density at radius 2 is 1.74 bits per heavy atom. The Bertz CT molecular complexity index is 435. The van der Waals surface area contributed by atoms with Crippen molar-refractivity contribution in [1.29, 1.82) is 0 Å². The zero-order chi connectivity index (χ0) is 17.6. The van der Waals surface area contributed by atoms with Crippen molar-refractivity contribution in [1.82, 2.24) is 15.5 Å². The lowest BCUT2D eigenvalue weighted by molar-refractivity contribution is -0.129. The molecule has 0 atom stereocenters. The highest BCUT2D eigenvalue weighted by Crippen LogP contribution is 2.19. The van der Waals surface area contributed by atoms with Crippen LogP contribution in [0.4, 0.5) is 4.79 Å². The summed E-state index contributed by atoms with van der Waals surface area (Å²) in [7, 11) is 0. The van der Waals surface area contributed by atoms with Crippen LogP contribution in [-0.4, -0.2) is 54.1 Å². The number of piperidine rings is 1. The van der Waals surface area contributed by atoms with Gasteiger partial charge in [0, 0.05) is 25.0 Å². The summed E-state index contributed by atoms with van der Waals surface area (Å²) in [5.74, 6) is -0.493. The number of carbonyl (C=O) groups is 3. The summed E-state index contributed by atoms with van der Waals surface area (Å²) >= 11 is 0. The van der Waals surface area contributed by atoms with Gasteiger partial charge in [-0.2, -0.15) is 0 Å². The Labute approximate surface area is 138 Å². The van der Waals surface area contributed by atoms with Gasteiger partial charge in [-0.25, -0.2) is 4.79 Å². The maximum Gasteiger partial charge on any atom is 0.410 e. The smallest absolute Gasteiger partial charge is 0.410 e. The molecular formula is C16H29N3O4. The predicted molar refractivity (Wildman–Crippen MR) is 86.8 cm³/mol. The highest BCUT2D eigenvalue weighted by atomic mass is 16.6. The number of amides is 3. The standard InChI is InChI=1S/C16H29N3O4/c1-11(2)18-13(20)10-17-14(21)12-6-8-19(9-7-12)15(22)23-16(3,4)5/h11-12H,6-10H2,1-5H3,(H,17,21)(H,18,20). The number of rotatable bonds is 4. The van der Waals surface area contributed by atoms with E-state index in [-0.39, 0.29) is 36.4 Å². The van der Waals surface area contributed by atoms with E-state index in [0.717, 1.165) is 0 Å². The van der Waals surface area contributed by atoms with Gasteiger partial charge in [-0.3, -0.25) is 9.59 Å². The summed E-state index contributed by atoms with van der Waals surface area (Å²) in [5.41, 5.74) is -0.519. The van der Waals surface area contributed by atoms with Gasteiger partial charge in [0.2, 0.25) is 11.8 Å². The lowest BCUT2D eigenvalue weighted by Crippen LogP contribution is -2.46. The van der Waals surface area contributed by atoms with Gasteiger partial charge >= 0.3 is 6.09 Å². The second-order valence-electron chi connectivity index (χ2n) is 7.18. The fourth-order valence-corrected chi connectivity index (χ4v) is 2.34. The molecule has 0 aromatic rings. The molecule has 1 aliphatic heterocycles. The SMILES string of the molecule is CC(C)NC(=O)CNC(=O)C1CCN(C(=O)OC(C)(C)C)CC1. The predicted octanol–water partition coefficient (Wildman–Crippen LogP) is 1.27. The zero-order valence-electron chi connectivity index (χ0n) is 14.8. The second kappa shape index (κ2) is 8.17. The molecule has 1 aliphatic rings. The lowest BCUT2D eigenvalue weighted by Gasteiger charge is -2.32. The molecule has 2 N–H and O–H groups in total. The average molecular weight is 327 g/mol. The van der Waals surface area contributed by atoms with E-state index in [1.165, 1.54) is 0 Å². The van der Waals surface area contributed by atoms with Gasteiger partial charge in [0.1, 0.15) is 5.60 Å². The van der Waals surface area contributed by atoms with Gasteiger partial charge in [0.05, 0.1) is 6.54 Å². The number of likely N-dealkylation sites (tertiary alicyclic amines) is 1. The molecule has 7 nitrogen and oxygen atoms in total. The Kier molecular flexibility index (Phi) is 6.84. The van der Waals surface area contributed by atoms with Crippen LogP contribution in [0.3, 0.4) is 0 Å². The first-order valence-corrected chi connectivity index (χ1v) is 8.13. The van der Waals surface area contributed by atoms with Crippen molar-refractivity contribution >= 4 is 17.9 Å². The van der Waals surface area contributed by atoms with Crippen LogP contribution >= 0.6 is 0 Å². The average Bonchev–Trinajstić information content (AvgIpc) is 2.42. The summed E-state index contributed by atoms with van der Waals surface area (Å²) in [6.07, 6.45) is 0.820. The first-order chi connectivity index (χ1) is 10.6. The number of carbonyl (C=O) groups excluding carboxylic acids is 3. The highest BCUT2D eigenvalue weighted by molar-refractivity contribution is 5.86. The third kappa shape index (κ3) is 7.34. The summed E-state index contributed by atoms with van der Waals surface area (Å²) in [4.78, 5) is 37.2. The van der Waals surface area contributed by atoms with Gasteiger partial charge in [-0.15, -0.1) is 0 Å². The number of hydrogen-bond donors (Lipinski definition) is 2. The summed E-state index contributed by atoms with van der Waals surface area (Å²) in [6.45, 7) is 10.2. The largest absolute Gasteiger partial charge is 0.444 e. The van der Waals surface area contributed by atoms with Crippen molar-refractivity contribution in [2.45, 2.75) is 59.1 Å². The molecule has 0 bridgehead atoms. The topological polar surface area (TPSA) is 87.7 Å². The Hall–Kier alpha value is -1.79. The van der Waals surface area contributed by atoms with Crippen LogP contribution in [0.15, 0.2) is 0 Å². The molecule has 132 valence electrons. The van der Waals surface area contributed by atoms with Crippen LogP contribution in [0.25, 0.3) is 0 Å². The van der Waals surface area contributed by atoms with E-state index < -0.39 is 5.60 Å². The first kappa shape index (κ1) is 19.3. The van der Waals surface area contributed by atoms with Crippen LogP contribution in [0.5, 0.6) is 0 Å². The molecular weight excluding hydrogens is 298 g/mol. The van der Waals surface area contributed by atoms with Crippen molar-refractivity contribution in [2.75, 3.05) is 19.6 Å². The van der Waals surface area contributed by atoms with Crippen molar-refractivity contribution in [3.63, 3.8) is 0 Å².